The number of hydrogen-bond donors (Lipinski definition) is 1. The SMILES string of the molecule is O=C(N/N=C\c1c(-c2ccccc2)n(-c2ccccc2)c2ccccc12)c1ccc(CSc2nc3ccccc3s2)cc1. The Morgan fingerprint density at radius 2 is 1.51 bits per heavy atom. The molecule has 0 unspecified atom stereocenters. The third kappa shape index (κ3) is 5.60. The molecule has 0 radical (unpaired) electrons. The third-order valence-corrected chi connectivity index (χ3v) is 9.44. The van der Waals surface area contributed by atoms with E-state index in [9.17, 15) is 4.79 Å². The van der Waals surface area contributed by atoms with Crippen LogP contribution in [0.1, 0.15) is 21.5 Å². The summed E-state index contributed by atoms with van der Waals surface area (Å²) in [7, 11) is 0. The lowest BCUT2D eigenvalue weighted by molar-refractivity contribution is 0.0955. The second kappa shape index (κ2) is 12.1. The molecule has 7 heteroatoms. The van der Waals surface area contributed by atoms with Crippen molar-refractivity contribution in [3.8, 4) is 16.9 Å². The lowest BCUT2D eigenvalue weighted by Crippen LogP contribution is -2.17. The first-order chi connectivity index (χ1) is 21.2. The number of hydrogen-bond acceptors (Lipinski definition) is 5. The van der Waals surface area contributed by atoms with Crippen LogP contribution in [0.5, 0.6) is 0 Å². The highest BCUT2D eigenvalue weighted by atomic mass is 32.2. The predicted molar refractivity (Wildman–Crippen MR) is 179 cm³/mol. The molecule has 0 atom stereocenters. The first-order valence-corrected chi connectivity index (χ1v) is 15.7. The molecule has 208 valence electrons. The molecule has 1 amide bonds. The molecular formula is C36H26N4OS2. The third-order valence-electron chi connectivity index (χ3n) is 7.19. The maximum Gasteiger partial charge on any atom is 0.271 e. The van der Waals surface area contributed by atoms with Gasteiger partial charge in [-0.15, -0.1) is 11.3 Å². The molecular weight excluding hydrogens is 569 g/mol. The Morgan fingerprint density at radius 1 is 0.814 bits per heavy atom. The Hall–Kier alpha value is -4.98. The summed E-state index contributed by atoms with van der Waals surface area (Å²) >= 11 is 3.41. The average Bonchev–Trinajstić information content (AvgIpc) is 3.64. The van der Waals surface area contributed by atoms with Gasteiger partial charge in [-0.1, -0.05) is 103 Å². The van der Waals surface area contributed by atoms with Gasteiger partial charge in [0.25, 0.3) is 5.91 Å². The highest BCUT2D eigenvalue weighted by Gasteiger charge is 2.18. The van der Waals surface area contributed by atoms with Crippen LogP contribution < -0.4 is 5.43 Å². The fourth-order valence-corrected chi connectivity index (χ4v) is 7.18. The van der Waals surface area contributed by atoms with Crippen molar-refractivity contribution in [1.29, 1.82) is 0 Å². The summed E-state index contributed by atoms with van der Waals surface area (Å²) in [6.45, 7) is 0. The molecule has 7 aromatic rings. The molecule has 43 heavy (non-hydrogen) atoms. The molecule has 5 aromatic carbocycles. The predicted octanol–water partition coefficient (Wildman–Crippen LogP) is 8.96. The van der Waals surface area contributed by atoms with Crippen molar-refractivity contribution >= 4 is 56.3 Å². The van der Waals surface area contributed by atoms with Gasteiger partial charge in [0.05, 0.1) is 27.6 Å². The van der Waals surface area contributed by atoms with Crippen LogP contribution in [-0.4, -0.2) is 21.7 Å². The van der Waals surface area contributed by atoms with E-state index >= 15 is 0 Å². The Balaban J connectivity index is 1.12. The monoisotopic (exact) mass is 594 g/mol. The molecule has 0 aliphatic rings. The number of nitrogens with one attached hydrogen (secondary N) is 1. The summed E-state index contributed by atoms with van der Waals surface area (Å²) in [6, 6.07) is 44.7. The van der Waals surface area contributed by atoms with Crippen molar-refractivity contribution in [2.75, 3.05) is 0 Å². The van der Waals surface area contributed by atoms with Gasteiger partial charge < -0.3 is 4.57 Å². The number of carbonyl (C=O) groups excluding carboxylic acids is 1. The Labute approximate surface area is 257 Å². The lowest BCUT2D eigenvalue weighted by Gasteiger charge is -2.12. The van der Waals surface area contributed by atoms with Gasteiger partial charge in [0.1, 0.15) is 0 Å². The number of nitrogens with zero attached hydrogens (tertiary/aromatic N) is 3. The van der Waals surface area contributed by atoms with Crippen LogP contribution in [0.3, 0.4) is 0 Å². The zero-order valence-corrected chi connectivity index (χ0v) is 24.7. The van der Waals surface area contributed by atoms with Crippen LogP contribution in [0.15, 0.2) is 143 Å². The molecule has 0 bridgehead atoms. The number of thiazole rings is 1. The maximum absolute atomic E-state index is 13.0. The van der Waals surface area contributed by atoms with Crippen LogP contribution >= 0.6 is 23.1 Å². The molecule has 0 saturated carbocycles. The van der Waals surface area contributed by atoms with E-state index in [2.05, 4.69) is 57.6 Å². The van der Waals surface area contributed by atoms with Gasteiger partial charge in [-0.05, 0) is 53.6 Å². The normalized spacial score (nSPS) is 11.4. The minimum atomic E-state index is -0.255. The molecule has 0 aliphatic heterocycles. The van der Waals surface area contributed by atoms with Gasteiger partial charge in [-0.25, -0.2) is 10.4 Å². The second-order valence-corrected chi connectivity index (χ2v) is 12.2. The number of hydrazone groups is 1. The van der Waals surface area contributed by atoms with E-state index in [0.717, 1.165) is 54.6 Å². The highest BCUT2D eigenvalue weighted by molar-refractivity contribution is 8.00. The largest absolute Gasteiger partial charge is 0.309 e. The molecule has 0 spiro atoms. The smallest absolute Gasteiger partial charge is 0.271 e. The summed E-state index contributed by atoms with van der Waals surface area (Å²) in [5, 5.41) is 5.49. The number of benzene rings is 5. The molecule has 0 saturated heterocycles. The minimum absolute atomic E-state index is 0.255. The van der Waals surface area contributed by atoms with Crippen LogP contribution in [0.2, 0.25) is 0 Å². The van der Waals surface area contributed by atoms with Crippen molar-refractivity contribution in [3.63, 3.8) is 0 Å². The van der Waals surface area contributed by atoms with E-state index in [4.69, 9.17) is 4.98 Å². The van der Waals surface area contributed by atoms with E-state index in [1.807, 2.05) is 91.0 Å². The van der Waals surface area contributed by atoms with Crippen molar-refractivity contribution in [3.05, 3.63) is 150 Å². The fraction of sp³-hybridized carbons (Fsp3) is 0.0278. The average molecular weight is 595 g/mol. The van der Waals surface area contributed by atoms with Gasteiger partial charge in [0, 0.05) is 28.0 Å². The standard InChI is InChI=1S/C36H26N4OS2/c41-35(27-21-19-25(20-22-27)24-42-36-38-31-16-8-10-18-33(31)43-36)39-37-23-30-29-15-7-9-17-32(29)40(28-13-5-2-6-14-28)34(30)26-11-3-1-4-12-26/h1-23H,24H2,(H,39,41)/b37-23-. The Morgan fingerprint density at radius 3 is 2.30 bits per heavy atom. The quantitative estimate of drug-likeness (QED) is 0.109. The summed E-state index contributed by atoms with van der Waals surface area (Å²) in [4.78, 5) is 17.7. The highest BCUT2D eigenvalue weighted by Crippen LogP contribution is 2.35. The molecule has 2 heterocycles. The van der Waals surface area contributed by atoms with Crippen LogP contribution in [0.4, 0.5) is 0 Å². The number of rotatable bonds is 8. The van der Waals surface area contributed by atoms with E-state index in [1.54, 1.807) is 29.3 Å². The van der Waals surface area contributed by atoms with Crippen molar-refractivity contribution < 1.29 is 4.79 Å². The zero-order valence-electron chi connectivity index (χ0n) is 23.1. The summed E-state index contributed by atoms with van der Waals surface area (Å²) < 4.78 is 4.48. The van der Waals surface area contributed by atoms with Gasteiger partial charge in [-0.2, -0.15) is 5.10 Å². The fourth-order valence-electron chi connectivity index (χ4n) is 5.15. The van der Waals surface area contributed by atoms with Crippen molar-refractivity contribution in [2.24, 2.45) is 5.10 Å². The molecule has 0 fully saturated rings. The summed E-state index contributed by atoms with van der Waals surface area (Å²) in [5.41, 5.74) is 10.6. The first kappa shape index (κ1) is 26.9. The first-order valence-electron chi connectivity index (χ1n) is 13.9. The van der Waals surface area contributed by atoms with Crippen LogP contribution in [-0.2, 0) is 5.75 Å². The number of fused-ring (bicyclic) bond motifs is 2. The molecule has 5 nitrogen and oxygen atoms in total. The van der Waals surface area contributed by atoms with Crippen LogP contribution in [0.25, 0.3) is 38.1 Å². The van der Waals surface area contributed by atoms with Gasteiger partial charge in [0.2, 0.25) is 0 Å². The van der Waals surface area contributed by atoms with Crippen molar-refractivity contribution in [2.45, 2.75) is 10.1 Å². The van der Waals surface area contributed by atoms with Crippen LogP contribution in [0, 0.1) is 0 Å². The van der Waals surface area contributed by atoms with Gasteiger partial charge in [-0.3, -0.25) is 4.79 Å². The molecule has 2 aromatic heterocycles. The van der Waals surface area contributed by atoms with E-state index in [1.165, 1.54) is 4.70 Å². The number of amides is 1. The van der Waals surface area contributed by atoms with Gasteiger partial charge in [0.15, 0.2) is 4.34 Å². The molecule has 7 rings (SSSR count). The van der Waals surface area contributed by atoms with Crippen molar-refractivity contribution in [1.82, 2.24) is 15.0 Å². The second-order valence-electron chi connectivity index (χ2n) is 9.95. The zero-order chi connectivity index (χ0) is 29.0. The maximum atomic E-state index is 13.0. The van der Waals surface area contributed by atoms with Gasteiger partial charge >= 0.3 is 0 Å². The number of aromatic nitrogens is 2. The molecule has 1 N–H and O–H groups in total. The molecule has 0 aliphatic carbocycles. The van der Waals surface area contributed by atoms with E-state index in [0.29, 0.717) is 5.56 Å². The number of para-hydroxylation sites is 3. The minimum Gasteiger partial charge on any atom is -0.309 e. The summed E-state index contributed by atoms with van der Waals surface area (Å²) in [5.74, 6) is 0.530. The Bertz CT molecular complexity index is 2030. The van der Waals surface area contributed by atoms with E-state index < -0.39 is 0 Å². The van der Waals surface area contributed by atoms with E-state index in [-0.39, 0.29) is 5.91 Å². The number of thioether (sulfide) groups is 1. The topological polar surface area (TPSA) is 59.3 Å². The summed E-state index contributed by atoms with van der Waals surface area (Å²) in [6.07, 6.45) is 1.75. The Kier molecular flexibility index (Phi) is 7.56. The lowest BCUT2D eigenvalue weighted by atomic mass is 10.1. The number of carbonyl (C=O) groups is 1.